The van der Waals surface area contributed by atoms with Gasteiger partial charge in [0.25, 0.3) is 0 Å². The van der Waals surface area contributed by atoms with E-state index >= 15 is 0 Å². The van der Waals surface area contributed by atoms with Gasteiger partial charge in [0, 0.05) is 0 Å². The lowest BCUT2D eigenvalue weighted by atomic mass is 9.85. The molecule has 3 rings (SSSR count). The Morgan fingerprint density at radius 3 is 1.95 bits per heavy atom. The first-order chi connectivity index (χ1) is 10.9. The molecule has 0 amide bonds. The maximum Gasteiger partial charge on any atom is -0.0118 e. The first-order valence-corrected chi connectivity index (χ1v) is 8.06. The SMILES string of the molecule is CCC(Cc1ccccc1)c1ccccc1-c1ccccc1. The zero-order chi connectivity index (χ0) is 15.2. The van der Waals surface area contributed by atoms with Gasteiger partial charge in [0.2, 0.25) is 0 Å². The summed E-state index contributed by atoms with van der Waals surface area (Å²) in [6.07, 6.45) is 2.25. The summed E-state index contributed by atoms with van der Waals surface area (Å²) < 4.78 is 0. The van der Waals surface area contributed by atoms with E-state index in [-0.39, 0.29) is 0 Å². The van der Waals surface area contributed by atoms with Crippen molar-refractivity contribution in [3.63, 3.8) is 0 Å². The van der Waals surface area contributed by atoms with Crippen LogP contribution in [0.5, 0.6) is 0 Å². The van der Waals surface area contributed by atoms with Gasteiger partial charge in [0.1, 0.15) is 0 Å². The minimum atomic E-state index is 0.554. The van der Waals surface area contributed by atoms with Crippen molar-refractivity contribution in [3.05, 3.63) is 96.1 Å². The zero-order valence-corrected chi connectivity index (χ0v) is 13.1. The molecule has 0 heteroatoms. The quantitative estimate of drug-likeness (QED) is 0.532. The number of hydrogen-bond acceptors (Lipinski definition) is 0. The smallest absolute Gasteiger partial charge is 0.0118 e. The van der Waals surface area contributed by atoms with E-state index in [1.807, 2.05) is 0 Å². The lowest BCUT2D eigenvalue weighted by Crippen LogP contribution is -2.03. The van der Waals surface area contributed by atoms with Gasteiger partial charge in [-0.2, -0.15) is 0 Å². The average Bonchev–Trinajstić information content (AvgIpc) is 2.61. The highest BCUT2D eigenvalue weighted by Gasteiger charge is 2.14. The molecular formula is C22H22. The fourth-order valence-corrected chi connectivity index (χ4v) is 3.11. The molecule has 0 saturated heterocycles. The van der Waals surface area contributed by atoms with Crippen molar-refractivity contribution in [1.29, 1.82) is 0 Å². The van der Waals surface area contributed by atoms with Crippen LogP contribution in [0.3, 0.4) is 0 Å². The predicted octanol–water partition coefficient (Wildman–Crippen LogP) is 6.09. The van der Waals surface area contributed by atoms with Crippen molar-refractivity contribution in [1.82, 2.24) is 0 Å². The molecular weight excluding hydrogens is 264 g/mol. The second-order valence-electron chi connectivity index (χ2n) is 5.75. The van der Waals surface area contributed by atoms with Crippen LogP contribution in [0, 0.1) is 0 Å². The molecule has 0 fully saturated rings. The maximum atomic E-state index is 2.29. The fraction of sp³-hybridized carbons (Fsp3) is 0.182. The Labute approximate surface area is 133 Å². The van der Waals surface area contributed by atoms with E-state index in [0.29, 0.717) is 5.92 Å². The third-order valence-corrected chi connectivity index (χ3v) is 4.30. The van der Waals surface area contributed by atoms with E-state index < -0.39 is 0 Å². The number of benzene rings is 3. The van der Waals surface area contributed by atoms with Crippen LogP contribution in [0.2, 0.25) is 0 Å². The third-order valence-electron chi connectivity index (χ3n) is 4.30. The van der Waals surface area contributed by atoms with Crippen LogP contribution in [-0.4, -0.2) is 0 Å². The van der Waals surface area contributed by atoms with Crippen LogP contribution < -0.4 is 0 Å². The monoisotopic (exact) mass is 286 g/mol. The zero-order valence-electron chi connectivity index (χ0n) is 13.1. The molecule has 1 unspecified atom stereocenters. The molecule has 0 bridgehead atoms. The van der Waals surface area contributed by atoms with E-state index in [2.05, 4.69) is 91.9 Å². The maximum absolute atomic E-state index is 2.29. The summed E-state index contributed by atoms with van der Waals surface area (Å²) in [6, 6.07) is 30.4. The van der Waals surface area contributed by atoms with Gasteiger partial charge in [0.15, 0.2) is 0 Å². The summed E-state index contributed by atoms with van der Waals surface area (Å²) >= 11 is 0. The molecule has 0 nitrogen and oxygen atoms in total. The standard InChI is InChI=1S/C22H22/c1-2-19(17-18-11-5-3-6-12-18)21-15-9-10-16-22(21)20-13-7-4-8-14-20/h3-16,19H,2,17H2,1H3. The first-order valence-electron chi connectivity index (χ1n) is 8.06. The van der Waals surface area contributed by atoms with E-state index in [0.717, 1.165) is 12.8 Å². The minimum absolute atomic E-state index is 0.554. The predicted molar refractivity (Wildman–Crippen MR) is 95.1 cm³/mol. The van der Waals surface area contributed by atoms with Crippen LogP contribution in [0.25, 0.3) is 11.1 Å². The van der Waals surface area contributed by atoms with Crippen molar-refractivity contribution in [2.45, 2.75) is 25.7 Å². The van der Waals surface area contributed by atoms with Gasteiger partial charge in [0.05, 0.1) is 0 Å². The summed E-state index contributed by atoms with van der Waals surface area (Å²) in [4.78, 5) is 0. The normalized spacial score (nSPS) is 12.0. The molecule has 0 aromatic heterocycles. The lowest BCUT2D eigenvalue weighted by molar-refractivity contribution is 0.662. The second kappa shape index (κ2) is 7.09. The Hall–Kier alpha value is -2.34. The van der Waals surface area contributed by atoms with Crippen LogP contribution in [0.4, 0.5) is 0 Å². The van der Waals surface area contributed by atoms with E-state index in [1.165, 1.54) is 22.3 Å². The molecule has 0 aliphatic heterocycles. The van der Waals surface area contributed by atoms with Gasteiger partial charge in [-0.1, -0.05) is 91.9 Å². The molecule has 0 radical (unpaired) electrons. The van der Waals surface area contributed by atoms with E-state index in [9.17, 15) is 0 Å². The minimum Gasteiger partial charge on any atom is -0.0648 e. The van der Waals surface area contributed by atoms with Gasteiger partial charge in [-0.3, -0.25) is 0 Å². The summed E-state index contributed by atoms with van der Waals surface area (Å²) in [5, 5.41) is 0. The van der Waals surface area contributed by atoms with Gasteiger partial charge in [-0.05, 0) is 41.0 Å². The van der Waals surface area contributed by atoms with E-state index in [1.54, 1.807) is 0 Å². The molecule has 0 spiro atoms. The molecule has 0 N–H and O–H groups in total. The molecule has 0 saturated carbocycles. The second-order valence-corrected chi connectivity index (χ2v) is 5.75. The summed E-state index contributed by atoms with van der Waals surface area (Å²) in [5.74, 6) is 0.554. The number of hydrogen-bond donors (Lipinski definition) is 0. The highest BCUT2D eigenvalue weighted by atomic mass is 14.2. The Morgan fingerprint density at radius 1 is 0.682 bits per heavy atom. The van der Waals surface area contributed by atoms with Gasteiger partial charge in [-0.25, -0.2) is 0 Å². The van der Waals surface area contributed by atoms with Gasteiger partial charge in [-0.15, -0.1) is 0 Å². The summed E-state index contributed by atoms with van der Waals surface area (Å²) in [5.41, 5.74) is 5.55. The topological polar surface area (TPSA) is 0 Å². The van der Waals surface area contributed by atoms with Crippen molar-refractivity contribution in [3.8, 4) is 11.1 Å². The Bertz CT molecular complexity index is 698. The number of rotatable bonds is 5. The molecule has 3 aromatic rings. The van der Waals surface area contributed by atoms with Crippen LogP contribution >= 0.6 is 0 Å². The van der Waals surface area contributed by atoms with Gasteiger partial charge < -0.3 is 0 Å². The molecule has 0 aliphatic rings. The van der Waals surface area contributed by atoms with Crippen LogP contribution in [0.15, 0.2) is 84.9 Å². The van der Waals surface area contributed by atoms with Gasteiger partial charge >= 0.3 is 0 Å². The largest absolute Gasteiger partial charge is 0.0648 e. The summed E-state index contributed by atoms with van der Waals surface area (Å²) in [6.45, 7) is 2.29. The Morgan fingerprint density at radius 2 is 1.27 bits per heavy atom. The van der Waals surface area contributed by atoms with Crippen molar-refractivity contribution >= 4 is 0 Å². The fourth-order valence-electron chi connectivity index (χ4n) is 3.11. The third kappa shape index (κ3) is 3.28. The van der Waals surface area contributed by atoms with Crippen molar-refractivity contribution < 1.29 is 0 Å². The lowest BCUT2D eigenvalue weighted by Gasteiger charge is -2.19. The Balaban J connectivity index is 1.96. The van der Waals surface area contributed by atoms with Crippen LogP contribution in [0.1, 0.15) is 30.4 Å². The molecule has 22 heavy (non-hydrogen) atoms. The summed E-state index contributed by atoms with van der Waals surface area (Å²) in [7, 11) is 0. The molecule has 110 valence electrons. The Kier molecular flexibility index (Phi) is 4.70. The van der Waals surface area contributed by atoms with E-state index in [4.69, 9.17) is 0 Å². The highest BCUT2D eigenvalue weighted by molar-refractivity contribution is 5.68. The molecule has 1 atom stereocenters. The highest BCUT2D eigenvalue weighted by Crippen LogP contribution is 2.33. The molecule has 0 heterocycles. The average molecular weight is 286 g/mol. The first kappa shape index (κ1) is 14.6. The van der Waals surface area contributed by atoms with Crippen molar-refractivity contribution in [2.75, 3.05) is 0 Å². The molecule has 3 aromatic carbocycles. The molecule has 0 aliphatic carbocycles. The van der Waals surface area contributed by atoms with Crippen LogP contribution in [-0.2, 0) is 6.42 Å². The van der Waals surface area contributed by atoms with Crippen molar-refractivity contribution in [2.24, 2.45) is 0 Å².